The molecule has 0 rings (SSSR count). The molecule has 2 N–H and O–H groups in total. The van der Waals surface area contributed by atoms with Gasteiger partial charge in [0, 0.05) is 6.42 Å². The number of aliphatic hydroxyl groups excluding tert-OH is 1. The molecule has 314 valence electrons. The standard InChI is InChI=1S/C44H87N2O6P/c1-6-8-10-12-14-16-18-20-22-23-24-25-27-29-31-33-35-37-43(47)42(41-52-53(49,50)51-40-39-46(3,4)5)45-44(48)38-36-34-32-30-28-26-21-19-17-15-13-11-9-7-2/h13,15,19,21,42-43,47H,6-12,14,16-18,20,22-41H2,1-5H3,(H-,45,48,49,50)/b15-13-,21-19-. The Morgan fingerprint density at radius 3 is 1.62 bits per heavy atom. The van der Waals surface area contributed by atoms with Crippen molar-refractivity contribution < 1.29 is 32.9 Å². The van der Waals surface area contributed by atoms with Crippen molar-refractivity contribution in [3.05, 3.63) is 24.3 Å². The minimum Gasteiger partial charge on any atom is -0.756 e. The number of allylic oxidation sites excluding steroid dienone is 4. The number of hydrogen-bond donors (Lipinski definition) is 2. The molecule has 0 aromatic carbocycles. The number of nitrogens with one attached hydrogen (secondary N) is 1. The lowest BCUT2D eigenvalue weighted by molar-refractivity contribution is -0.870. The van der Waals surface area contributed by atoms with Gasteiger partial charge in [-0.05, 0) is 38.5 Å². The zero-order valence-corrected chi connectivity index (χ0v) is 36.4. The zero-order chi connectivity index (χ0) is 39.3. The molecule has 0 aliphatic heterocycles. The number of phosphoric ester groups is 1. The number of aliphatic hydroxyl groups is 1. The van der Waals surface area contributed by atoms with Gasteiger partial charge in [0.2, 0.25) is 5.91 Å². The fourth-order valence-corrected chi connectivity index (χ4v) is 7.07. The normalized spacial score (nSPS) is 14.6. The van der Waals surface area contributed by atoms with E-state index < -0.39 is 20.0 Å². The largest absolute Gasteiger partial charge is 0.756 e. The van der Waals surface area contributed by atoms with Crippen LogP contribution < -0.4 is 10.2 Å². The third-order valence-corrected chi connectivity index (χ3v) is 10.9. The van der Waals surface area contributed by atoms with Gasteiger partial charge < -0.3 is 28.8 Å². The van der Waals surface area contributed by atoms with Crippen molar-refractivity contribution in [2.45, 2.75) is 212 Å². The van der Waals surface area contributed by atoms with Crippen LogP contribution in [0.15, 0.2) is 24.3 Å². The number of rotatable bonds is 40. The molecule has 8 nitrogen and oxygen atoms in total. The summed E-state index contributed by atoms with van der Waals surface area (Å²) in [5.41, 5.74) is 0. The highest BCUT2D eigenvalue weighted by atomic mass is 31.2. The molecule has 0 aliphatic rings. The Morgan fingerprint density at radius 2 is 1.11 bits per heavy atom. The lowest BCUT2D eigenvalue weighted by Crippen LogP contribution is -2.46. The summed E-state index contributed by atoms with van der Waals surface area (Å²) in [4.78, 5) is 25.3. The summed E-state index contributed by atoms with van der Waals surface area (Å²) in [6, 6.07) is -0.805. The number of carbonyl (C=O) groups excluding carboxylic acids is 1. The van der Waals surface area contributed by atoms with Gasteiger partial charge in [0.15, 0.2) is 0 Å². The van der Waals surface area contributed by atoms with Crippen molar-refractivity contribution in [1.29, 1.82) is 0 Å². The third kappa shape index (κ3) is 39.0. The smallest absolute Gasteiger partial charge is 0.268 e. The van der Waals surface area contributed by atoms with Gasteiger partial charge in [0.05, 0.1) is 39.9 Å². The van der Waals surface area contributed by atoms with Gasteiger partial charge in [-0.3, -0.25) is 9.36 Å². The molecule has 0 bridgehead atoms. The number of phosphoric acid groups is 1. The number of quaternary nitrogens is 1. The quantitative estimate of drug-likeness (QED) is 0.0278. The summed E-state index contributed by atoms with van der Waals surface area (Å²) in [6.45, 7) is 4.67. The second kappa shape index (κ2) is 36.6. The number of unbranched alkanes of at least 4 members (excludes halogenated alkanes) is 23. The average Bonchev–Trinajstić information content (AvgIpc) is 3.10. The van der Waals surface area contributed by atoms with Crippen LogP contribution >= 0.6 is 7.82 Å². The van der Waals surface area contributed by atoms with Gasteiger partial charge in [-0.25, -0.2) is 0 Å². The van der Waals surface area contributed by atoms with E-state index in [1.165, 1.54) is 109 Å². The fraction of sp³-hybridized carbons (Fsp3) is 0.886. The first-order valence-electron chi connectivity index (χ1n) is 22.2. The molecule has 9 heteroatoms. The molecule has 0 saturated carbocycles. The van der Waals surface area contributed by atoms with Gasteiger partial charge in [0.25, 0.3) is 7.82 Å². The topological polar surface area (TPSA) is 108 Å². The molecule has 3 atom stereocenters. The Bertz CT molecular complexity index is 922. The number of nitrogens with zero attached hydrogens (tertiary/aromatic N) is 1. The Hall–Kier alpha value is -1.02. The van der Waals surface area contributed by atoms with Crippen LogP contribution in [0.25, 0.3) is 0 Å². The molecule has 0 saturated heterocycles. The van der Waals surface area contributed by atoms with Crippen LogP contribution in [0.1, 0.15) is 200 Å². The molecule has 0 aromatic rings. The molecule has 0 radical (unpaired) electrons. The summed E-state index contributed by atoms with van der Waals surface area (Å²) >= 11 is 0. The van der Waals surface area contributed by atoms with E-state index in [4.69, 9.17) is 9.05 Å². The molecule has 1 amide bonds. The van der Waals surface area contributed by atoms with E-state index >= 15 is 0 Å². The van der Waals surface area contributed by atoms with Crippen molar-refractivity contribution in [3.63, 3.8) is 0 Å². The van der Waals surface area contributed by atoms with Crippen LogP contribution in [0.3, 0.4) is 0 Å². The highest BCUT2D eigenvalue weighted by Crippen LogP contribution is 2.38. The first kappa shape index (κ1) is 52.0. The van der Waals surface area contributed by atoms with Gasteiger partial charge in [-0.2, -0.15) is 0 Å². The second-order valence-electron chi connectivity index (χ2n) is 16.4. The number of likely N-dealkylation sites (N-methyl/N-ethyl adjacent to an activating group) is 1. The molecular formula is C44H87N2O6P. The molecule has 0 aliphatic carbocycles. The van der Waals surface area contributed by atoms with Gasteiger partial charge >= 0.3 is 0 Å². The summed E-state index contributed by atoms with van der Waals surface area (Å²) in [7, 11) is 1.30. The third-order valence-electron chi connectivity index (χ3n) is 9.94. The van der Waals surface area contributed by atoms with Gasteiger partial charge in [-0.15, -0.1) is 0 Å². The molecule has 0 heterocycles. The van der Waals surface area contributed by atoms with E-state index in [2.05, 4.69) is 43.5 Å². The fourth-order valence-electron chi connectivity index (χ4n) is 6.35. The van der Waals surface area contributed by atoms with E-state index in [1.807, 2.05) is 21.1 Å². The van der Waals surface area contributed by atoms with Crippen molar-refractivity contribution in [3.8, 4) is 0 Å². The van der Waals surface area contributed by atoms with E-state index in [-0.39, 0.29) is 19.1 Å². The minimum atomic E-state index is -4.56. The Labute approximate surface area is 328 Å². The van der Waals surface area contributed by atoms with Crippen molar-refractivity contribution in [1.82, 2.24) is 5.32 Å². The average molecular weight is 771 g/mol. The SMILES string of the molecule is CCCC/C=C\C/C=C\CCCCCCCC(=O)NC(COP(=O)([O-])OCC[N+](C)(C)C)C(O)CCCCCCCCCCCCCCCCCCC. The minimum absolute atomic E-state index is 0.00979. The van der Waals surface area contributed by atoms with Crippen LogP contribution in [-0.2, 0) is 18.4 Å². The summed E-state index contributed by atoms with van der Waals surface area (Å²) in [6.07, 6.45) is 41.7. The Balaban J connectivity index is 4.38. The molecule has 0 aromatic heterocycles. The monoisotopic (exact) mass is 771 g/mol. The van der Waals surface area contributed by atoms with Crippen LogP contribution in [0.4, 0.5) is 0 Å². The zero-order valence-electron chi connectivity index (χ0n) is 35.5. The first-order chi connectivity index (χ1) is 25.5. The van der Waals surface area contributed by atoms with Crippen molar-refractivity contribution in [2.24, 2.45) is 0 Å². The molecule has 3 unspecified atom stereocenters. The van der Waals surface area contributed by atoms with Crippen LogP contribution in [0.2, 0.25) is 0 Å². The van der Waals surface area contributed by atoms with Crippen LogP contribution in [0.5, 0.6) is 0 Å². The van der Waals surface area contributed by atoms with E-state index in [0.717, 1.165) is 64.2 Å². The van der Waals surface area contributed by atoms with Crippen molar-refractivity contribution >= 4 is 13.7 Å². The molecule has 53 heavy (non-hydrogen) atoms. The number of carbonyl (C=O) groups is 1. The Kier molecular flexibility index (Phi) is 35.9. The maximum absolute atomic E-state index is 12.8. The predicted octanol–water partition coefficient (Wildman–Crippen LogP) is 11.5. The van der Waals surface area contributed by atoms with Gasteiger partial charge in [-0.1, -0.05) is 179 Å². The maximum Gasteiger partial charge on any atom is 0.268 e. The number of hydrogen-bond acceptors (Lipinski definition) is 6. The second-order valence-corrected chi connectivity index (χ2v) is 17.8. The summed E-state index contributed by atoms with van der Waals surface area (Å²) in [5.74, 6) is -0.179. The van der Waals surface area contributed by atoms with E-state index in [1.54, 1.807) is 0 Å². The van der Waals surface area contributed by atoms with Crippen LogP contribution in [-0.4, -0.2) is 68.5 Å². The van der Waals surface area contributed by atoms with Crippen molar-refractivity contribution in [2.75, 3.05) is 40.9 Å². The molecule has 0 fully saturated rings. The first-order valence-corrected chi connectivity index (χ1v) is 23.6. The highest BCUT2D eigenvalue weighted by molar-refractivity contribution is 7.45. The predicted molar refractivity (Wildman–Crippen MR) is 224 cm³/mol. The van der Waals surface area contributed by atoms with Gasteiger partial charge in [0.1, 0.15) is 13.2 Å². The molecular weight excluding hydrogens is 683 g/mol. The lowest BCUT2D eigenvalue weighted by Gasteiger charge is -2.30. The summed E-state index contributed by atoms with van der Waals surface area (Å²) < 4.78 is 23.2. The lowest BCUT2D eigenvalue weighted by atomic mass is 10.0. The van der Waals surface area contributed by atoms with Crippen LogP contribution in [0, 0.1) is 0 Å². The maximum atomic E-state index is 12.8. The molecule has 0 spiro atoms. The van der Waals surface area contributed by atoms with E-state index in [9.17, 15) is 19.4 Å². The van der Waals surface area contributed by atoms with E-state index in [0.29, 0.717) is 23.9 Å². The number of amides is 1. The summed E-state index contributed by atoms with van der Waals surface area (Å²) in [5, 5.41) is 13.9. The Morgan fingerprint density at radius 1 is 0.660 bits per heavy atom. The highest BCUT2D eigenvalue weighted by Gasteiger charge is 2.24.